The summed E-state index contributed by atoms with van der Waals surface area (Å²) in [5.74, 6) is -0.518. The first kappa shape index (κ1) is 28.0. The monoisotopic (exact) mass is 577 g/mol. The van der Waals surface area contributed by atoms with E-state index in [4.69, 9.17) is 18.9 Å². The molecule has 43 heavy (non-hydrogen) atoms. The minimum absolute atomic E-state index is 0.237. The minimum atomic E-state index is -1.12. The molecule has 0 saturated carbocycles. The number of carbonyl (C=O) groups is 2. The van der Waals surface area contributed by atoms with Crippen molar-refractivity contribution >= 4 is 50.6 Å². The Balaban J connectivity index is 1.59. The quantitative estimate of drug-likeness (QED) is 0.138. The molecule has 0 saturated heterocycles. The Morgan fingerprint density at radius 2 is 1.63 bits per heavy atom. The number of aryl methyl sites for hydroxylation is 1. The zero-order chi connectivity index (χ0) is 30.5. The molecule has 0 fully saturated rings. The van der Waals surface area contributed by atoms with Gasteiger partial charge in [-0.2, -0.15) is 0 Å². The summed E-state index contributed by atoms with van der Waals surface area (Å²) in [5, 5.41) is 2.72. The fourth-order valence-corrected chi connectivity index (χ4v) is 5.92. The van der Waals surface area contributed by atoms with Gasteiger partial charge in [-0.3, -0.25) is 9.59 Å². The Hall–Kier alpha value is -5.11. The van der Waals surface area contributed by atoms with Crippen molar-refractivity contribution in [3.8, 4) is 11.5 Å². The zero-order valence-electron chi connectivity index (χ0n) is 24.5. The van der Waals surface area contributed by atoms with Crippen LogP contribution in [0.2, 0.25) is 0 Å². The van der Waals surface area contributed by atoms with Crippen LogP contribution in [0, 0.1) is 0 Å². The fourth-order valence-electron chi connectivity index (χ4n) is 5.92. The lowest BCUT2D eigenvalue weighted by atomic mass is 9.86. The third kappa shape index (κ3) is 4.88. The first-order chi connectivity index (χ1) is 20.6. The lowest BCUT2D eigenvalue weighted by Crippen LogP contribution is -2.52. The lowest BCUT2D eigenvalue weighted by Gasteiger charge is -2.43. The highest BCUT2D eigenvalue weighted by molar-refractivity contribution is 6.04. The lowest BCUT2D eigenvalue weighted by molar-refractivity contribution is -0.185. The Kier molecular flexibility index (Phi) is 6.92. The molecule has 1 aliphatic rings. The largest absolute Gasteiger partial charge is 0.496 e. The van der Waals surface area contributed by atoms with E-state index in [1.54, 1.807) is 26.0 Å². The zero-order valence-corrected chi connectivity index (χ0v) is 24.5. The van der Waals surface area contributed by atoms with Crippen LogP contribution in [0.4, 0.5) is 0 Å². The van der Waals surface area contributed by atoms with E-state index in [2.05, 4.69) is 0 Å². The molecule has 6 rings (SSSR count). The highest BCUT2D eigenvalue weighted by Gasteiger charge is 2.50. The van der Waals surface area contributed by atoms with Crippen molar-refractivity contribution in [3.05, 3.63) is 100 Å². The number of rotatable bonds is 5. The first-order valence-electron chi connectivity index (χ1n) is 13.9. The number of methoxy groups -OCH3 is 1. The molecule has 1 aromatic heterocycles. The summed E-state index contributed by atoms with van der Waals surface area (Å²) in [5.41, 5.74) is 1.03. The number of aromatic nitrogens is 1. The van der Waals surface area contributed by atoms with Crippen LogP contribution in [0.25, 0.3) is 38.7 Å². The van der Waals surface area contributed by atoms with E-state index in [9.17, 15) is 14.4 Å². The van der Waals surface area contributed by atoms with Crippen LogP contribution in [-0.2, 0) is 26.1 Å². The number of fused-ring (bicyclic) bond motifs is 5. The van der Waals surface area contributed by atoms with E-state index in [0.717, 1.165) is 16.3 Å². The molecule has 0 N–H and O–H groups in total. The van der Waals surface area contributed by atoms with Gasteiger partial charge >= 0.3 is 11.9 Å². The smallest absolute Gasteiger partial charge is 0.331 e. The van der Waals surface area contributed by atoms with E-state index in [0.29, 0.717) is 38.9 Å². The summed E-state index contributed by atoms with van der Waals surface area (Å²) in [6.07, 6.45) is 0.846. The molecule has 8 nitrogen and oxygen atoms in total. The number of hydrogen-bond acceptors (Lipinski definition) is 7. The number of ether oxygens (including phenoxy) is 4. The van der Waals surface area contributed by atoms with Gasteiger partial charge in [0.25, 0.3) is 0 Å². The molecule has 0 aliphatic carbocycles. The van der Waals surface area contributed by atoms with Crippen LogP contribution in [0.3, 0.4) is 0 Å². The molecule has 0 radical (unpaired) electrons. The van der Waals surface area contributed by atoms with Gasteiger partial charge in [-0.05, 0) is 48.4 Å². The fraction of sp³-hybridized carbons (Fsp3) is 0.229. The summed E-state index contributed by atoms with van der Waals surface area (Å²) in [4.78, 5) is 39.8. The predicted octanol–water partition coefficient (Wildman–Crippen LogP) is 6.25. The molecule has 0 spiro atoms. The molecule has 5 aromatic rings. The molecule has 0 bridgehead atoms. The van der Waals surface area contributed by atoms with E-state index in [1.807, 2.05) is 78.3 Å². The van der Waals surface area contributed by atoms with Crippen LogP contribution in [0.1, 0.15) is 38.0 Å². The molecule has 2 heterocycles. The van der Waals surface area contributed by atoms with Crippen LogP contribution in [0.15, 0.2) is 83.7 Å². The average molecular weight is 578 g/mol. The van der Waals surface area contributed by atoms with Gasteiger partial charge in [0.15, 0.2) is 12.2 Å². The summed E-state index contributed by atoms with van der Waals surface area (Å²) < 4.78 is 25.9. The maximum absolute atomic E-state index is 14.1. The summed E-state index contributed by atoms with van der Waals surface area (Å²) in [6.45, 7) is 4.81. The van der Waals surface area contributed by atoms with Gasteiger partial charge in [0, 0.05) is 31.5 Å². The molecule has 2 unspecified atom stereocenters. The number of benzene rings is 4. The Labute approximate surface area is 248 Å². The number of nitrogens with zero attached hydrogens (tertiary/aromatic N) is 1. The Bertz CT molecular complexity index is 2010. The van der Waals surface area contributed by atoms with Crippen molar-refractivity contribution in [1.29, 1.82) is 0 Å². The molecular formula is C35H31NO7. The van der Waals surface area contributed by atoms with Crippen molar-refractivity contribution in [1.82, 2.24) is 4.57 Å². The van der Waals surface area contributed by atoms with E-state index in [-0.39, 0.29) is 5.43 Å². The third-order valence-electron chi connectivity index (χ3n) is 7.88. The molecule has 218 valence electrons. The van der Waals surface area contributed by atoms with Gasteiger partial charge < -0.3 is 23.5 Å². The SMILES string of the molecule is COc1cc2c(c3c1c(=O)c1cc4ccccc4cc1n3C)C(OC(C)=O)C(OC(=O)/C=C/c1ccccc1)C(C)(C)O2. The number of hydrogen-bond donors (Lipinski definition) is 0. The van der Waals surface area contributed by atoms with Crippen molar-refractivity contribution in [3.63, 3.8) is 0 Å². The molecule has 4 aromatic carbocycles. The molecule has 0 amide bonds. The maximum Gasteiger partial charge on any atom is 0.331 e. The van der Waals surface area contributed by atoms with E-state index in [1.165, 1.54) is 20.1 Å². The van der Waals surface area contributed by atoms with Gasteiger partial charge in [-0.25, -0.2) is 4.79 Å². The standard InChI is InChI=1S/C35H31NO7/c1-20(37)41-33-30-27(43-35(2,3)34(33)42-28(38)16-15-21-11-7-6-8-12-21)19-26(40-5)29-31(30)36(4)25-18-23-14-10-9-13-22(23)17-24(25)32(29)39/h6-19,33-34H,1-5H3/b16-15+. The van der Waals surface area contributed by atoms with Crippen molar-refractivity contribution in [2.45, 2.75) is 38.6 Å². The first-order valence-corrected chi connectivity index (χ1v) is 13.9. The van der Waals surface area contributed by atoms with Gasteiger partial charge in [0.2, 0.25) is 5.43 Å². The maximum atomic E-state index is 14.1. The van der Waals surface area contributed by atoms with Crippen molar-refractivity contribution < 1.29 is 28.5 Å². The van der Waals surface area contributed by atoms with Gasteiger partial charge in [-0.1, -0.05) is 54.6 Å². The molecule has 1 aliphatic heterocycles. The van der Waals surface area contributed by atoms with Gasteiger partial charge in [0.05, 0.1) is 29.1 Å². The van der Waals surface area contributed by atoms with Crippen LogP contribution in [0.5, 0.6) is 11.5 Å². The van der Waals surface area contributed by atoms with Crippen LogP contribution in [-0.4, -0.2) is 35.3 Å². The summed E-state index contributed by atoms with van der Waals surface area (Å²) in [7, 11) is 3.33. The van der Waals surface area contributed by atoms with Crippen LogP contribution < -0.4 is 14.9 Å². The number of pyridine rings is 1. The Morgan fingerprint density at radius 1 is 0.953 bits per heavy atom. The number of carbonyl (C=O) groups excluding carboxylic acids is 2. The second kappa shape index (κ2) is 10.6. The second-order valence-electron chi connectivity index (χ2n) is 11.2. The highest BCUT2D eigenvalue weighted by atomic mass is 16.6. The van der Waals surface area contributed by atoms with Crippen molar-refractivity contribution in [2.75, 3.05) is 7.11 Å². The highest BCUT2D eigenvalue weighted by Crippen LogP contribution is 2.49. The summed E-state index contributed by atoms with van der Waals surface area (Å²) in [6, 6.07) is 22.6. The third-order valence-corrected chi connectivity index (χ3v) is 7.88. The second-order valence-corrected chi connectivity index (χ2v) is 11.2. The van der Waals surface area contributed by atoms with E-state index >= 15 is 0 Å². The summed E-state index contributed by atoms with van der Waals surface area (Å²) >= 11 is 0. The normalized spacial score (nSPS) is 17.5. The van der Waals surface area contributed by atoms with Gasteiger partial charge in [0.1, 0.15) is 17.1 Å². The van der Waals surface area contributed by atoms with Gasteiger partial charge in [-0.15, -0.1) is 0 Å². The van der Waals surface area contributed by atoms with Crippen LogP contribution >= 0.6 is 0 Å². The topological polar surface area (TPSA) is 93.1 Å². The number of esters is 2. The van der Waals surface area contributed by atoms with E-state index < -0.39 is 29.7 Å². The minimum Gasteiger partial charge on any atom is -0.496 e. The average Bonchev–Trinajstić information content (AvgIpc) is 2.99. The Morgan fingerprint density at radius 3 is 2.30 bits per heavy atom. The van der Waals surface area contributed by atoms with Crippen molar-refractivity contribution in [2.24, 2.45) is 7.05 Å². The molecule has 8 heteroatoms. The predicted molar refractivity (Wildman–Crippen MR) is 165 cm³/mol. The molecular weight excluding hydrogens is 546 g/mol. The molecule has 2 atom stereocenters.